The van der Waals surface area contributed by atoms with Gasteiger partial charge in [0.2, 0.25) is 0 Å². The molecule has 0 amide bonds. The van der Waals surface area contributed by atoms with Crippen LogP contribution in [-0.4, -0.2) is 26.6 Å². The molecule has 15 heavy (non-hydrogen) atoms. The molecule has 0 unspecified atom stereocenters. The molecule has 0 saturated heterocycles. The second-order valence-corrected chi connectivity index (χ2v) is 3.50. The molecule has 0 heterocycles. The Hall–Kier alpha value is -0.400. The van der Waals surface area contributed by atoms with Crippen molar-refractivity contribution in [3.8, 4) is 0 Å². The molecule has 1 aromatic rings. The Kier molecular flexibility index (Phi) is 10.1. The van der Waals surface area contributed by atoms with Gasteiger partial charge in [-0.25, -0.2) is 0 Å². The first-order valence-corrected chi connectivity index (χ1v) is 4.89. The van der Waals surface area contributed by atoms with E-state index >= 15 is 0 Å². The maximum absolute atomic E-state index is 10.4. The minimum absolute atomic E-state index is 0. The first kappa shape index (κ1) is 17.0. The maximum atomic E-state index is 10.4. The second kappa shape index (κ2) is 8.87. The predicted octanol–water partition coefficient (Wildman–Crippen LogP) is -2.36. The topological polar surface area (TPSA) is 80.7 Å². The van der Waals surface area contributed by atoms with Gasteiger partial charge in [-0.15, -0.1) is 0 Å². The van der Waals surface area contributed by atoms with Gasteiger partial charge in [0.1, 0.15) is 0 Å². The fourth-order valence-electron chi connectivity index (χ4n) is 0.592. The van der Waals surface area contributed by atoms with E-state index in [0.717, 1.165) is 0 Å². The molecule has 0 spiro atoms. The Morgan fingerprint density at radius 2 is 1.67 bits per heavy atom. The first-order valence-electron chi connectivity index (χ1n) is 3.45. The van der Waals surface area contributed by atoms with Crippen molar-refractivity contribution in [2.75, 3.05) is 7.11 Å². The number of hydrogen-bond acceptors (Lipinski definition) is 4. The van der Waals surface area contributed by atoms with E-state index in [1.165, 1.54) is 25.7 Å². The predicted molar refractivity (Wildman–Crippen MR) is 49.0 cm³/mol. The van der Waals surface area contributed by atoms with E-state index in [0.29, 0.717) is 0 Å². The van der Waals surface area contributed by atoms with Gasteiger partial charge in [0.05, 0.1) is 4.90 Å². The van der Waals surface area contributed by atoms with Crippen LogP contribution in [0.3, 0.4) is 0 Å². The van der Waals surface area contributed by atoms with Gasteiger partial charge in [-0.05, 0) is 12.1 Å². The summed E-state index contributed by atoms with van der Waals surface area (Å²) in [5.74, 6) is 0. The van der Waals surface area contributed by atoms with Gasteiger partial charge in [0.15, 0.2) is 0 Å². The van der Waals surface area contributed by atoms with E-state index in [9.17, 15) is 8.42 Å². The number of hydrogen-bond donors (Lipinski definition) is 1. The summed E-state index contributed by atoms with van der Waals surface area (Å²) in [4.78, 5) is 8.75. The Bertz CT molecular complexity index is 362. The summed E-state index contributed by atoms with van der Waals surface area (Å²) in [5.41, 5.74) is 0. The Balaban J connectivity index is 0. The van der Waals surface area contributed by atoms with Crippen LogP contribution in [0.5, 0.6) is 0 Å². The van der Waals surface area contributed by atoms with Crippen molar-refractivity contribution >= 4 is 16.6 Å². The van der Waals surface area contributed by atoms with Crippen molar-refractivity contribution in [3.63, 3.8) is 0 Å². The Morgan fingerprint density at radius 1 is 1.27 bits per heavy atom. The molecular formula is C8H9NaO5S. The van der Waals surface area contributed by atoms with Crippen LogP contribution < -0.4 is 29.6 Å². The van der Waals surface area contributed by atoms with Gasteiger partial charge in [0, 0.05) is 7.11 Å². The third kappa shape index (κ3) is 8.59. The molecule has 1 aromatic carbocycles. The van der Waals surface area contributed by atoms with Crippen molar-refractivity contribution in [1.29, 1.82) is 0 Å². The molecular weight excluding hydrogens is 231 g/mol. The minimum atomic E-state index is -4.00. The molecule has 0 aliphatic heterocycles. The van der Waals surface area contributed by atoms with Gasteiger partial charge in [-0.1, -0.05) is 24.7 Å². The molecule has 5 nitrogen and oxygen atoms in total. The number of rotatable bonds is 2. The van der Waals surface area contributed by atoms with Crippen LogP contribution in [0, 0.1) is 0 Å². The molecule has 0 saturated carbocycles. The third-order valence-electron chi connectivity index (χ3n) is 1.12. The van der Waals surface area contributed by atoms with Gasteiger partial charge >= 0.3 is 29.6 Å². The van der Waals surface area contributed by atoms with Crippen molar-refractivity contribution in [3.05, 3.63) is 30.3 Å². The molecule has 78 valence electrons. The minimum Gasteiger partial charge on any atom is -0.655 e. The average molecular weight is 240 g/mol. The summed E-state index contributed by atoms with van der Waals surface area (Å²) in [5, 5.41) is 0. The van der Waals surface area contributed by atoms with Crippen LogP contribution >= 0.6 is 0 Å². The summed E-state index contributed by atoms with van der Waals surface area (Å²) < 4.78 is 33.0. The molecule has 0 aromatic heterocycles. The molecule has 1 rings (SSSR count). The van der Waals surface area contributed by atoms with Crippen LogP contribution in [0.25, 0.3) is 0 Å². The summed E-state index contributed by atoms with van der Waals surface area (Å²) in [6, 6.07) is 7.42. The number of carbonyl (C=O) groups excluding carboxylic acids is 1. The van der Waals surface area contributed by atoms with Crippen LogP contribution in [0.1, 0.15) is 0 Å². The molecule has 7 heteroatoms. The van der Waals surface area contributed by atoms with Crippen molar-refractivity contribution < 1.29 is 52.1 Å². The quantitative estimate of drug-likeness (QED) is 0.355. The van der Waals surface area contributed by atoms with Crippen LogP contribution in [-0.2, 0) is 19.6 Å². The maximum Gasteiger partial charge on any atom is 1.00 e. The molecule has 0 atom stereocenters. The fourth-order valence-corrected chi connectivity index (χ4v) is 1.09. The van der Waals surface area contributed by atoms with Crippen LogP contribution in [0.2, 0.25) is 0 Å². The monoisotopic (exact) mass is 240 g/mol. The fraction of sp³-hybridized carbons (Fsp3) is 0.125. The van der Waals surface area contributed by atoms with E-state index in [-0.39, 0.29) is 34.5 Å². The summed E-state index contributed by atoms with van der Waals surface area (Å²) >= 11 is 0. The zero-order valence-corrected chi connectivity index (χ0v) is 11.2. The largest absolute Gasteiger partial charge is 1.00 e. The van der Waals surface area contributed by atoms with E-state index in [2.05, 4.69) is 4.74 Å². The molecule has 0 aliphatic rings. The second-order valence-electron chi connectivity index (χ2n) is 2.08. The number of benzene rings is 1. The molecule has 0 radical (unpaired) electrons. The zero-order valence-electron chi connectivity index (χ0n) is 8.38. The number of ether oxygens (including phenoxy) is 1. The smallest absolute Gasteiger partial charge is 0.655 e. The van der Waals surface area contributed by atoms with Gasteiger partial charge < -0.3 is 9.53 Å². The Labute approximate surface area is 110 Å². The summed E-state index contributed by atoms with van der Waals surface area (Å²) in [6.45, 7) is 1.18. The standard InChI is InChI=1S/C6H6O3S.C2H3O2.Na/c7-10(8,9)6-4-2-1-3-5-6;1-4-2-3;/h1-5H,(H,7,8,9);1H3;/q;-1;+1. The van der Waals surface area contributed by atoms with Crippen LogP contribution in [0.4, 0.5) is 0 Å². The first-order chi connectivity index (χ1) is 6.52. The average Bonchev–Trinajstić information content (AvgIpc) is 2.18. The van der Waals surface area contributed by atoms with Gasteiger partial charge in [-0.3, -0.25) is 4.55 Å². The van der Waals surface area contributed by atoms with Crippen LogP contribution in [0.15, 0.2) is 35.2 Å². The van der Waals surface area contributed by atoms with Gasteiger partial charge in [0.25, 0.3) is 10.1 Å². The molecule has 0 bridgehead atoms. The molecule has 0 fully saturated rings. The van der Waals surface area contributed by atoms with Crippen molar-refractivity contribution in [1.82, 2.24) is 0 Å². The summed E-state index contributed by atoms with van der Waals surface area (Å²) in [6.07, 6.45) is 0. The Morgan fingerprint density at radius 3 is 1.87 bits per heavy atom. The van der Waals surface area contributed by atoms with Gasteiger partial charge in [-0.2, -0.15) is 8.42 Å². The molecule has 0 aliphatic carbocycles. The van der Waals surface area contributed by atoms with E-state index < -0.39 is 10.1 Å². The normalized spacial score (nSPS) is 8.93. The number of methoxy groups -OCH3 is 1. The van der Waals surface area contributed by atoms with E-state index in [4.69, 9.17) is 9.35 Å². The van der Waals surface area contributed by atoms with Crippen molar-refractivity contribution in [2.45, 2.75) is 4.90 Å². The van der Waals surface area contributed by atoms with E-state index in [1.807, 2.05) is 0 Å². The van der Waals surface area contributed by atoms with E-state index in [1.54, 1.807) is 18.2 Å². The summed E-state index contributed by atoms with van der Waals surface area (Å²) in [7, 11) is -2.75. The zero-order chi connectivity index (χ0) is 11.0. The third-order valence-corrected chi connectivity index (χ3v) is 1.99. The molecule has 1 N–H and O–H groups in total. The SMILES string of the molecule is CO[C-]=O.O=S(=O)(O)c1ccccc1.[Na+]. The van der Waals surface area contributed by atoms with Crippen molar-refractivity contribution in [2.24, 2.45) is 0 Å².